The number of piperazine rings is 1. The number of carbonyl (C=O) groups is 1. The first-order chi connectivity index (χ1) is 17.5. The van der Waals surface area contributed by atoms with Crippen LogP contribution in [0.2, 0.25) is 0 Å². The van der Waals surface area contributed by atoms with Gasteiger partial charge in [0.2, 0.25) is 5.91 Å². The van der Waals surface area contributed by atoms with Crippen molar-refractivity contribution in [2.75, 3.05) is 31.1 Å². The summed E-state index contributed by atoms with van der Waals surface area (Å²) in [6.07, 6.45) is 9.77. The number of aromatic nitrogens is 1. The number of benzene rings is 1. The minimum Gasteiger partial charge on any atom is -0.487 e. The predicted molar refractivity (Wildman–Crippen MR) is 139 cm³/mol. The summed E-state index contributed by atoms with van der Waals surface area (Å²) < 4.78 is 12.3. The van der Waals surface area contributed by atoms with Crippen LogP contribution in [0.25, 0.3) is 11.0 Å². The molecule has 1 aromatic carbocycles. The lowest BCUT2D eigenvalue weighted by atomic mass is 9.79. The largest absolute Gasteiger partial charge is 0.487 e. The lowest BCUT2D eigenvalue weighted by molar-refractivity contribution is -0.130. The van der Waals surface area contributed by atoms with Crippen LogP contribution in [0.5, 0.6) is 5.75 Å². The van der Waals surface area contributed by atoms with Crippen molar-refractivity contribution < 1.29 is 13.9 Å². The van der Waals surface area contributed by atoms with Crippen molar-refractivity contribution >= 4 is 22.7 Å². The summed E-state index contributed by atoms with van der Waals surface area (Å²) in [4.78, 5) is 34.6. The van der Waals surface area contributed by atoms with E-state index in [-0.39, 0.29) is 17.9 Å². The van der Waals surface area contributed by atoms with E-state index in [0.29, 0.717) is 24.2 Å². The topological polar surface area (TPSA) is 75.9 Å². The number of amides is 1. The Bertz CT molecular complexity index is 1340. The van der Waals surface area contributed by atoms with Gasteiger partial charge in [0.05, 0.1) is 12.0 Å². The van der Waals surface area contributed by atoms with Crippen molar-refractivity contribution in [1.82, 2.24) is 9.88 Å². The monoisotopic (exact) mass is 487 g/mol. The molecule has 0 radical (unpaired) electrons. The van der Waals surface area contributed by atoms with Crippen LogP contribution in [-0.2, 0) is 17.6 Å². The first-order valence-electron chi connectivity index (χ1n) is 13.2. The Hall–Kier alpha value is -3.35. The van der Waals surface area contributed by atoms with Crippen LogP contribution in [0.15, 0.2) is 45.7 Å². The van der Waals surface area contributed by atoms with Crippen LogP contribution in [0, 0.1) is 6.92 Å². The molecule has 7 nitrogen and oxygen atoms in total. The highest BCUT2D eigenvalue weighted by Crippen LogP contribution is 2.43. The Labute approximate surface area is 211 Å². The minimum atomic E-state index is -0.427. The third-order valence-corrected chi connectivity index (χ3v) is 8.34. The lowest BCUT2D eigenvalue weighted by Gasteiger charge is -2.41. The van der Waals surface area contributed by atoms with Gasteiger partial charge in [-0.1, -0.05) is 12.5 Å². The molecule has 1 spiro atoms. The van der Waals surface area contributed by atoms with E-state index in [4.69, 9.17) is 9.15 Å². The zero-order chi connectivity index (χ0) is 24.7. The highest BCUT2D eigenvalue weighted by atomic mass is 16.5. The van der Waals surface area contributed by atoms with Gasteiger partial charge in [0.25, 0.3) is 0 Å². The first kappa shape index (κ1) is 23.1. The van der Waals surface area contributed by atoms with Crippen molar-refractivity contribution in [1.29, 1.82) is 0 Å². The quantitative estimate of drug-likeness (QED) is 0.509. The minimum absolute atomic E-state index is 0.0362. The van der Waals surface area contributed by atoms with Crippen molar-refractivity contribution in [2.45, 2.75) is 63.9 Å². The molecule has 2 fully saturated rings. The van der Waals surface area contributed by atoms with E-state index >= 15 is 0 Å². The standard InChI is InChI=1S/C29H33N3O4/c1-20-22-17-21-8-11-29(9-4-2-5-10-29)36-24(21)19-25(22)35-28(34)23(20)18-27(33)32-15-13-31(14-16-32)26-7-3-6-12-30-26/h3,6-7,12,17,19H,2,4-5,8-11,13-16,18H2,1H3. The number of rotatable bonds is 3. The van der Waals surface area contributed by atoms with E-state index in [9.17, 15) is 9.59 Å². The molecule has 0 atom stereocenters. The summed E-state index contributed by atoms with van der Waals surface area (Å²) in [6.45, 7) is 4.60. The maximum absolute atomic E-state index is 13.1. The molecule has 3 aliphatic rings. The Balaban J connectivity index is 1.20. The molecule has 2 aliphatic heterocycles. The zero-order valence-corrected chi connectivity index (χ0v) is 20.9. The van der Waals surface area contributed by atoms with Crippen molar-refractivity contribution in [2.24, 2.45) is 0 Å². The molecule has 6 rings (SSSR count). The van der Waals surface area contributed by atoms with Crippen LogP contribution in [0.4, 0.5) is 5.82 Å². The van der Waals surface area contributed by atoms with E-state index in [1.807, 2.05) is 36.1 Å². The Morgan fingerprint density at radius 3 is 2.61 bits per heavy atom. The van der Waals surface area contributed by atoms with Crippen LogP contribution < -0.4 is 15.3 Å². The molecule has 1 aliphatic carbocycles. The zero-order valence-electron chi connectivity index (χ0n) is 20.9. The fraction of sp³-hybridized carbons (Fsp3) is 0.483. The van der Waals surface area contributed by atoms with Gasteiger partial charge in [-0.3, -0.25) is 4.79 Å². The molecule has 7 heteroatoms. The van der Waals surface area contributed by atoms with Crippen molar-refractivity contribution in [3.8, 4) is 5.75 Å². The average Bonchev–Trinajstić information content (AvgIpc) is 2.91. The molecule has 0 unspecified atom stereocenters. The van der Waals surface area contributed by atoms with Gasteiger partial charge in [0.1, 0.15) is 22.8 Å². The van der Waals surface area contributed by atoms with Crippen molar-refractivity contribution in [3.05, 3.63) is 63.6 Å². The Kier molecular flexibility index (Phi) is 5.94. The summed E-state index contributed by atoms with van der Waals surface area (Å²) in [5, 5.41) is 0.902. The number of carbonyl (C=O) groups excluding carboxylic acids is 1. The van der Waals surface area contributed by atoms with Crippen LogP contribution in [-0.4, -0.2) is 47.6 Å². The molecule has 0 N–H and O–H groups in total. The molecular formula is C29H33N3O4. The van der Waals surface area contributed by atoms with Crippen LogP contribution >= 0.6 is 0 Å². The number of nitrogens with zero attached hydrogens (tertiary/aromatic N) is 3. The molecule has 3 aromatic rings. The van der Waals surface area contributed by atoms with Gasteiger partial charge in [-0.2, -0.15) is 0 Å². The summed E-state index contributed by atoms with van der Waals surface area (Å²) in [5.74, 6) is 1.75. The summed E-state index contributed by atoms with van der Waals surface area (Å²) in [6, 6.07) is 9.87. The van der Waals surface area contributed by atoms with E-state index in [0.717, 1.165) is 61.3 Å². The normalized spacial score (nSPS) is 19.2. The number of fused-ring (bicyclic) bond motifs is 2. The first-order valence-corrected chi connectivity index (χ1v) is 13.2. The van der Waals surface area contributed by atoms with Gasteiger partial charge in [0, 0.05) is 43.8 Å². The van der Waals surface area contributed by atoms with Crippen molar-refractivity contribution in [3.63, 3.8) is 0 Å². The average molecular weight is 488 g/mol. The maximum atomic E-state index is 13.1. The van der Waals surface area contributed by atoms with Gasteiger partial charge >= 0.3 is 5.63 Å². The number of ether oxygens (including phenoxy) is 1. The van der Waals surface area contributed by atoms with Crippen LogP contribution in [0.3, 0.4) is 0 Å². The van der Waals surface area contributed by atoms with E-state index in [1.165, 1.54) is 24.8 Å². The molecule has 4 heterocycles. The molecule has 36 heavy (non-hydrogen) atoms. The Morgan fingerprint density at radius 1 is 1.06 bits per heavy atom. The molecule has 1 saturated carbocycles. The second-order valence-electron chi connectivity index (χ2n) is 10.5. The highest BCUT2D eigenvalue weighted by Gasteiger charge is 2.37. The molecule has 188 valence electrons. The number of anilines is 1. The summed E-state index contributed by atoms with van der Waals surface area (Å²) in [5.41, 5.74) is 2.52. The molecule has 1 amide bonds. The second kappa shape index (κ2) is 9.26. The van der Waals surface area contributed by atoms with Crippen LogP contribution in [0.1, 0.15) is 55.2 Å². The Morgan fingerprint density at radius 2 is 1.86 bits per heavy atom. The smallest absolute Gasteiger partial charge is 0.340 e. The lowest BCUT2D eigenvalue weighted by Crippen LogP contribution is -2.49. The number of hydrogen-bond donors (Lipinski definition) is 0. The van der Waals surface area contributed by atoms with Gasteiger partial charge in [-0.05, 0) is 74.8 Å². The fourth-order valence-corrected chi connectivity index (χ4v) is 6.14. The van der Waals surface area contributed by atoms with Gasteiger partial charge in [0.15, 0.2) is 0 Å². The van der Waals surface area contributed by atoms with E-state index in [2.05, 4.69) is 16.0 Å². The summed E-state index contributed by atoms with van der Waals surface area (Å²) >= 11 is 0. The van der Waals surface area contributed by atoms with E-state index in [1.54, 1.807) is 6.20 Å². The number of hydrogen-bond acceptors (Lipinski definition) is 6. The van der Waals surface area contributed by atoms with Gasteiger partial charge in [-0.15, -0.1) is 0 Å². The third kappa shape index (κ3) is 4.25. The molecule has 0 bridgehead atoms. The van der Waals surface area contributed by atoms with Gasteiger partial charge in [-0.25, -0.2) is 9.78 Å². The maximum Gasteiger partial charge on any atom is 0.340 e. The fourth-order valence-electron chi connectivity index (χ4n) is 6.14. The van der Waals surface area contributed by atoms with E-state index < -0.39 is 5.63 Å². The highest BCUT2D eigenvalue weighted by molar-refractivity contribution is 5.86. The molecular weight excluding hydrogens is 454 g/mol. The molecule has 1 saturated heterocycles. The number of aryl methyl sites for hydroxylation is 2. The SMILES string of the molecule is Cc1c(CC(=O)N2CCN(c3ccccn3)CC2)c(=O)oc2cc3c(cc12)CCC1(CCCCC1)O3. The van der Waals surface area contributed by atoms with Gasteiger partial charge < -0.3 is 19.0 Å². The summed E-state index contributed by atoms with van der Waals surface area (Å²) in [7, 11) is 0. The predicted octanol–water partition coefficient (Wildman–Crippen LogP) is 4.42. The third-order valence-electron chi connectivity index (χ3n) is 8.34. The molecule has 2 aromatic heterocycles. The number of pyridine rings is 1. The second-order valence-corrected chi connectivity index (χ2v) is 10.5.